The van der Waals surface area contributed by atoms with Gasteiger partial charge in [0.25, 0.3) is 0 Å². The van der Waals surface area contributed by atoms with Gasteiger partial charge >= 0.3 is 5.97 Å². The summed E-state index contributed by atoms with van der Waals surface area (Å²) in [6.07, 6.45) is 2.96. The lowest BCUT2D eigenvalue weighted by Crippen LogP contribution is -2.40. The van der Waals surface area contributed by atoms with E-state index in [2.05, 4.69) is 40.4 Å². The smallest absolute Gasteiger partial charge is 0.330 e. The highest BCUT2D eigenvalue weighted by atomic mass is 28.4. The van der Waals surface area contributed by atoms with Crippen LogP contribution in [-0.4, -0.2) is 27.5 Å². The molecule has 0 heterocycles. The number of hydrogen-bond donors (Lipinski definition) is 0. The predicted molar refractivity (Wildman–Crippen MR) is 73.5 cm³/mol. The average Bonchev–Trinajstić information content (AvgIpc) is 2.21. The minimum absolute atomic E-state index is 0.252. The lowest BCUT2D eigenvalue weighted by Gasteiger charge is -2.36. The second kappa shape index (κ2) is 6.96. The highest BCUT2D eigenvalue weighted by molar-refractivity contribution is 6.74. The molecule has 0 fully saturated rings. The van der Waals surface area contributed by atoms with E-state index in [0.717, 1.165) is 19.4 Å². The summed E-state index contributed by atoms with van der Waals surface area (Å²) < 4.78 is 10.9. The zero-order valence-electron chi connectivity index (χ0n) is 11.8. The Morgan fingerprint density at radius 3 is 2.24 bits per heavy atom. The molecule has 0 aromatic heterocycles. The first-order chi connectivity index (χ1) is 7.70. The fraction of sp³-hybridized carbons (Fsp3) is 0.769. The van der Waals surface area contributed by atoms with Crippen LogP contribution in [0.3, 0.4) is 0 Å². The number of rotatable bonds is 7. The van der Waals surface area contributed by atoms with Gasteiger partial charge in [0.2, 0.25) is 0 Å². The summed E-state index contributed by atoms with van der Waals surface area (Å²) in [5, 5.41) is 0.252. The molecule has 0 amide bonds. The number of carbonyl (C=O) groups is 1. The minimum Gasteiger partial charge on any atom is -0.463 e. The van der Waals surface area contributed by atoms with E-state index >= 15 is 0 Å². The molecule has 0 unspecified atom stereocenters. The standard InChI is InChI=1S/C13H26O3Si/c1-7-12(14)15-10-8-9-11-16-17(5,6)13(2,3)4/h7H,1,8-11H2,2-6H3. The summed E-state index contributed by atoms with van der Waals surface area (Å²) in [4.78, 5) is 10.8. The van der Waals surface area contributed by atoms with E-state index in [1.165, 1.54) is 6.08 Å². The zero-order chi connectivity index (χ0) is 13.5. The van der Waals surface area contributed by atoms with Gasteiger partial charge in [0, 0.05) is 12.7 Å². The van der Waals surface area contributed by atoms with Gasteiger partial charge < -0.3 is 9.16 Å². The highest BCUT2D eigenvalue weighted by Crippen LogP contribution is 2.36. The molecule has 0 bridgehead atoms. The fourth-order valence-electron chi connectivity index (χ4n) is 0.980. The van der Waals surface area contributed by atoms with Crippen molar-refractivity contribution in [1.82, 2.24) is 0 Å². The molecule has 0 aliphatic carbocycles. The highest BCUT2D eigenvalue weighted by Gasteiger charge is 2.36. The first kappa shape index (κ1) is 16.4. The number of carbonyl (C=O) groups excluding carboxylic acids is 1. The number of ether oxygens (including phenoxy) is 1. The molecular formula is C13H26O3Si. The van der Waals surface area contributed by atoms with Crippen LogP contribution in [0.15, 0.2) is 12.7 Å². The second-order valence-corrected chi connectivity index (χ2v) is 10.5. The summed E-state index contributed by atoms with van der Waals surface area (Å²) in [5.41, 5.74) is 0. The summed E-state index contributed by atoms with van der Waals surface area (Å²) >= 11 is 0. The maximum Gasteiger partial charge on any atom is 0.330 e. The Labute approximate surface area is 106 Å². The molecule has 0 saturated carbocycles. The molecule has 0 aliphatic rings. The molecule has 0 aromatic carbocycles. The Hall–Kier alpha value is -0.613. The Morgan fingerprint density at radius 2 is 1.76 bits per heavy atom. The fourth-order valence-corrected chi connectivity index (χ4v) is 2.07. The van der Waals surface area contributed by atoms with Crippen molar-refractivity contribution >= 4 is 14.3 Å². The molecule has 4 heteroatoms. The van der Waals surface area contributed by atoms with E-state index in [1.54, 1.807) is 0 Å². The Bertz CT molecular complexity index is 254. The van der Waals surface area contributed by atoms with Crippen LogP contribution in [0.25, 0.3) is 0 Å². The van der Waals surface area contributed by atoms with Crippen LogP contribution in [0.1, 0.15) is 33.6 Å². The van der Waals surface area contributed by atoms with E-state index < -0.39 is 8.32 Å². The molecule has 0 rings (SSSR count). The van der Waals surface area contributed by atoms with Gasteiger partial charge in [-0.2, -0.15) is 0 Å². The van der Waals surface area contributed by atoms with E-state index in [4.69, 9.17) is 9.16 Å². The van der Waals surface area contributed by atoms with Crippen LogP contribution < -0.4 is 0 Å². The maximum atomic E-state index is 10.8. The number of unbranched alkanes of at least 4 members (excludes halogenated alkanes) is 1. The largest absolute Gasteiger partial charge is 0.463 e. The predicted octanol–water partition coefficient (Wildman–Crippen LogP) is 3.52. The number of esters is 1. The van der Waals surface area contributed by atoms with Crippen LogP contribution in [0.4, 0.5) is 0 Å². The topological polar surface area (TPSA) is 35.5 Å². The molecule has 100 valence electrons. The van der Waals surface area contributed by atoms with Gasteiger partial charge in [-0.25, -0.2) is 4.79 Å². The van der Waals surface area contributed by atoms with Crippen LogP contribution in [0.2, 0.25) is 18.1 Å². The molecule has 17 heavy (non-hydrogen) atoms. The van der Waals surface area contributed by atoms with Gasteiger partial charge in [0.15, 0.2) is 8.32 Å². The summed E-state index contributed by atoms with van der Waals surface area (Å²) in [6.45, 7) is 15.7. The maximum absolute atomic E-state index is 10.8. The van der Waals surface area contributed by atoms with Crippen molar-refractivity contribution in [3.05, 3.63) is 12.7 Å². The lowest BCUT2D eigenvalue weighted by atomic mass is 10.2. The summed E-state index contributed by atoms with van der Waals surface area (Å²) in [7, 11) is -1.62. The monoisotopic (exact) mass is 258 g/mol. The normalized spacial score (nSPS) is 12.3. The van der Waals surface area contributed by atoms with Crippen molar-refractivity contribution in [3.63, 3.8) is 0 Å². The molecule has 0 N–H and O–H groups in total. The average molecular weight is 258 g/mol. The second-order valence-electron chi connectivity index (χ2n) is 5.69. The first-order valence-corrected chi connectivity index (χ1v) is 9.04. The van der Waals surface area contributed by atoms with Crippen LogP contribution in [0, 0.1) is 0 Å². The van der Waals surface area contributed by atoms with Gasteiger partial charge in [0.1, 0.15) is 0 Å². The van der Waals surface area contributed by atoms with Gasteiger partial charge in [-0.05, 0) is 31.0 Å². The van der Waals surface area contributed by atoms with E-state index in [9.17, 15) is 4.79 Å². The summed E-state index contributed by atoms with van der Waals surface area (Å²) in [6, 6.07) is 0. The molecule has 0 saturated heterocycles. The minimum atomic E-state index is -1.62. The molecular weight excluding hydrogens is 232 g/mol. The van der Waals surface area contributed by atoms with Gasteiger partial charge in [-0.3, -0.25) is 0 Å². The van der Waals surface area contributed by atoms with Crippen LogP contribution in [0.5, 0.6) is 0 Å². The first-order valence-electron chi connectivity index (χ1n) is 6.14. The Morgan fingerprint density at radius 1 is 1.24 bits per heavy atom. The third-order valence-electron chi connectivity index (χ3n) is 3.22. The molecule has 0 radical (unpaired) electrons. The van der Waals surface area contributed by atoms with Crippen LogP contribution in [-0.2, 0) is 14.0 Å². The molecule has 3 nitrogen and oxygen atoms in total. The zero-order valence-corrected chi connectivity index (χ0v) is 12.8. The van der Waals surface area contributed by atoms with E-state index in [1.807, 2.05) is 0 Å². The molecule has 0 atom stereocenters. The number of hydrogen-bond acceptors (Lipinski definition) is 3. The lowest BCUT2D eigenvalue weighted by molar-refractivity contribution is -0.137. The van der Waals surface area contributed by atoms with E-state index in [0.29, 0.717) is 6.61 Å². The van der Waals surface area contributed by atoms with Crippen molar-refractivity contribution in [2.24, 2.45) is 0 Å². The molecule has 0 spiro atoms. The SMILES string of the molecule is C=CC(=O)OCCCCO[Si](C)(C)C(C)(C)C. The van der Waals surface area contributed by atoms with Crippen LogP contribution >= 0.6 is 0 Å². The Kier molecular flexibility index (Phi) is 6.71. The molecule has 0 aromatic rings. The summed E-state index contributed by atoms with van der Waals surface area (Å²) in [5.74, 6) is -0.352. The molecule has 0 aliphatic heterocycles. The quantitative estimate of drug-likeness (QED) is 0.303. The van der Waals surface area contributed by atoms with Crippen molar-refractivity contribution in [2.75, 3.05) is 13.2 Å². The van der Waals surface area contributed by atoms with Gasteiger partial charge in [0.05, 0.1) is 6.61 Å². The van der Waals surface area contributed by atoms with Crippen molar-refractivity contribution in [3.8, 4) is 0 Å². The van der Waals surface area contributed by atoms with E-state index in [-0.39, 0.29) is 11.0 Å². The van der Waals surface area contributed by atoms with Crippen molar-refractivity contribution in [2.45, 2.75) is 51.7 Å². The van der Waals surface area contributed by atoms with Gasteiger partial charge in [-0.15, -0.1) is 0 Å². The third-order valence-corrected chi connectivity index (χ3v) is 7.76. The van der Waals surface area contributed by atoms with Gasteiger partial charge in [-0.1, -0.05) is 27.4 Å². The third kappa shape index (κ3) is 6.63. The Balaban J connectivity index is 3.65. The van der Waals surface area contributed by atoms with Crippen molar-refractivity contribution < 1.29 is 14.0 Å². The van der Waals surface area contributed by atoms with Crippen molar-refractivity contribution in [1.29, 1.82) is 0 Å².